The number of fused-ring (bicyclic) bond motifs is 2. The van der Waals surface area contributed by atoms with E-state index in [-0.39, 0.29) is 0 Å². The summed E-state index contributed by atoms with van der Waals surface area (Å²) in [7, 11) is 0. The number of hydrogen-bond acceptors (Lipinski definition) is 4. The van der Waals surface area contributed by atoms with Gasteiger partial charge in [-0.15, -0.1) is 0 Å². The average Bonchev–Trinajstić information content (AvgIpc) is 2.90. The van der Waals surface area contributed by atoms with Gasteiger partial charge in [-0.1, -0.05) is 29.4 Å². The van der Waals surface area contributed by atoms with Gasteiger partial charge < -0.3 is 9.32 Å². The average molecular weight is 317 g/mol. The molecule has 1 saturated carbocycles. The monoisotopic (exact) mass is 316 g/mol. The lowest BCUT2D eigenvalue weighted by Crippen LogP contribution is -2.20. The normalized spacial score (nSPS) is 21.4. The second kappa shape index (κ2) is 4.31. The lowest BCUT2D eigenvalue weighted by molar-refractivity contribution is 0.615. The second-order valence-corrected chi connectivity index (χ2v) is 7.08. The summed E-state index contributed by atoms with van der Waals surface area (Å²) in [5, 5.41) is 2.94. The van der Waals surface area contributed by atoms with Gasteiger partial charge >= 0.3 is 0 Å². The molecule has 1 aromatic carbocycles. The zero-order valence-corrected chi connectivity index (χ0v) is 12.9. The molecule has 0 saturated heterocycles. The molecule has 0 amide bonds. The molecule has 106 valence electrons. The van der Waals surface area contributed by atoms with E-state index in [4.69, 9.17) is 16.0 Å². The number of aliphatic imine (C=N–C) groups is 1. The van der Waals surface area contributed by atoms with Gasteiger partial charge in [-0.25, -0.2) is 0 Å². The fourth-order valence-corrected chi connectivity index (χ4v) is 4.71. The summed E-state index contributed by atoms with van der Waals surface area (Å²) in [6.45, 7) is 1.88. The molecule has 5 rings (SSSR count). The second-order valence-electron chi connectivity index (χ2n) is 5.66. The molecule has 3 aliphatic rings. The van der Waals surface area contributed by atoms with Crippen molar-refractivity contribution in [3.05, 3.63) is 40.0 Å². The summed E-state index contributed by atoms with van der Waals surface area (Å²) in [6, 6.07) is 6.08. The molecule has 0 N–H and O–H groups in total. The highest BCUT2D eigenvalue weighted by Gasteiger charge is 2.40. The Morgan fingerprint density at radius 1 is 1.29 bits per heavy atom. The number of benzene rings is 1. The molecule has 0 spiro atoms. The summed E-state index contributed by atoms with van der Waals surface area (Å²) in [5.74, 6) is 0.718. The standard InChI is InChI=1S/C16H13ClN2OS/c17-12-4-3-10(11-5-8-20-14(11)12)13-15(9-1-2-9)21-16-18-6-7-19(13)16/h3-5,8-9H,1-2,6-7H2. The van der Waals surface area contributed by atoms with Crippen LogP contribution in [0.4, 0.5) is 0 Å². The number of amidine groups is 1. The maximum Gasteiger partial charge on any atom is 0.168 e. The molecule has 5 heteroatoms. The molecule has 0 unspecified atom stereocenters. The Morgan fingerprint density at radius 3 is 3.05 bits per heavy atom. The van der Waals surface area contributed by atoms with Gasteiger partial charge in [0.25, 0.3) is 0 Å². The molecule has 3 heterocycles. The molecular weight excluding hydrogens is 304 g/mol. The summed E-state index contributed by atoms with van der Waals surface area (Å²) < 4.78 is 5.56. The number of rotatable bonds is 2. The molecule has 0 bridgehead atoms. The van der Waals surface area contributed by atoms with E-state index in [2.05, 4.69) is 16.0 Å². The van der Waals surface area contributed by atoms with E-state index in [1.54, 1.807) is 6.26 Å². The maximum absolute atomic E-state index is 6.25. The van der Waals surface area contributed by atoms with E-state index in [1.807, 2.05) is 23.9 Å². The first kappa shape index (κ1) is 12.2. The Morgan fingerprint density at radius 2 is 2.19 bits per heavy atom. The fourth-order valence-electron chi connectivity index (χ4n) is 3.14. The van der Waals surface area contributed by atoms with Crippen molar-refractivity contribution < 1.29 is 4.42 Å². The molecule has 1 fully saturated rings. The van der Waals surface area contributed by atoms with Gasteiger partial charge in [0.05, 0.1) is 23.5 Å². The van der Waals surface area contributed by atoms with Gasteiger partial charge in [0, 0.05) is 22.4 Å². The Labute approximate surface area is 131 Å². The quantitative estimate of drug-likeness (QED) is 0.811. The van der Waals surface area contributed by atoms with E-state index < -0.39 is 0 Å². The minimum atomic E-state index is 0.674. The molecule has 1 aromatic heterocycles. The topological polar surface area (TPSA) is 28.7 Å². The van der Waals surface area contributed by atoms with Crippen LogP contribution in [0.5, 0.6) is 0 Å². The van der Waals surface area contributed by atoms with Gasteiger partial charge in [-0.05, 0) is 30.9 Å². The number of thioether (sulfide) groups is 1. The summed E-state index contributed by atoms with van der Waals surface area (Å²) >= 11 is 8.11. The van der Waals surface area contributed by atoms with Gasteiger partial charge in [0.15, 0.2) is 10.8 Å². The van der Waals surface area contributed by atoms with Crippen LogP contribution in [0.25, 0.3) is 16.7 Å². The van der Waals surface area contributed by atoms with Crippen LogP contribution in [-0.4, -0.2) is 23.2 Å². The van der Waals surface area contributed by atoms with Crippen LogP contribution in [0.2, 0.25) is 5.02 Å². The van der Waals surface area contributed by atoms with E-state index >= 15 is 0 Å². The van der Waals surface area contributed by atoms with Crippen molar-refractivity contribution in [1.82, 2.24) is 4.90 Å². The van der Waals surface area contributed by atoms with Crippen LogP contribution in [0.1, 0.15) is 18.4 Å². The van der Waals surface area contributed by atoms with Crippen molar-refractivity contribution in [3.63, 3.8) is 0 Å². The Hall–Kier alpha value is -1.39. The first-order chi connectivity index (χ1) is 10.3. The van der Waals surface area contributed by atoms with Crippen LogP contribution in [0.3, 0.4) is 0 Å². The van der Waals surface area contributed by atoms with Gasteiger partial charge in [0.1, 0.15) is 0 Å². The van der Waals surface area contributed by atoms with Crippen molar-refractivity contribution in [3.8, 4) is 0 Å². The first-order valence-electron chi connectivity index (χ1n) is 7.23. The highest BCUT2D eigenvalue weighted by Crippen LogP contribution is 2.53. The van der Waals surface area contributed by atoms with E-state index in [9.17, 15) is 0 Å². The van der Waals surface area contributed by atoms with Crippen LogP contribution >= 0.6 is 23.4 Å². The highest BCUT2D eigenvalue weighted by molar-refractivity contribution is 8.17. The third-order valence-corrected chi connectivity index (χ3v) is 5.85. The van der Waals surface area contributed by atoms with Crippen molar-refractivity contribution in [2.24, 2.45) is 10.9 Å². The smallest absolute Gasteiger partial charge is 0.168 e. The van der Waals surface area contributed by atoms with Crippen molar-refractivity contribution >= 4 is 45.2 Å². The third-order valence-electron chi connectivity index (χ3n) is 4.28. The highest BCUT2D eigenvalue weighted by atomic mass is 35.5. The number of halogens is 1. The Balaban J connectivity index is 1.76. The molecule has 3 nitrogen and oxygen atoms in total. The molecule has 1 aliphatic carbocycles. The van der Waals surface area contributed by atoms with Crippen LogP contribution in [0.15, 0.2) is 38.8 Å². The zero-order valence-electron chi connectivity index (χ0n) is 11.3. The summed E-state index contributed by atoms with van der Waals surface area (Å²) in [5.41, 5.74) is 3.35. The molecule has 0 atom stereocenters. The lowest BCUT2D eigenvalue weighted by Gasteiger charge is -2.18. The molecular formula is C16H13ClN2OS. The minimum Gasteiger partial charge on any atom is -0.463 e. The SMILES string of the molecule is Clc1ccc(C2=C(C3CC3)SC3=NCCN32)c2ccoc12. The van der Waals surface area contributed by atoms with Crippen molar-refractivity contribution in [2.75, 3.05) is 13.1 Å². The fraction of sp³-hybridized carbons (Fsp3) is 0.312. The summed E-state index contributed by atoms with van der Waals surface area (Å²) in [6.07, 6.45) is 4.32. The van der Waals surface area contributed by atoms with E-state index in [1.165, 1.54) is 34.2 Å². The number of allylic oxidation sites excluding steroid dienone is 1. The van der Waals surface area contributed by atoms with Crippen LogP contribution < -0.4 is 0 Å². The minimum absolute atomic E-state index is 0.674. The zero-order chi connectivity index (χ0) is 14.0. The number of hydrogen-bond donors (Lipinski definition) is 0. The van der Waals surface area contributed by atoms with Crippen molar-refractivity contribution in [1.29, 1.82) is 0 Å². The molecule has 2 aromatic rings. The Bertz CT molecular complexity index is 819. The largest absolute Gasteiger partial charge is 0.463 e. The lowest BCUT2D eigenvalue weighted by atomic mass is 10.0. The third kappa shape index (κ3) is 1.72. The van der Waals surface area contributed by atoms with Crippen LogP contribution in [0, 0.1) is 5.92 Å². The molecule has 21 heavy (non-hydrogen) atoms. The van der Waals surface area contributed by atoms with Gasteiger partial charge in [-0.2, -0.15) is 0 Å². The van der Waals surface area contributed by atoms with Gasteiger partial charge in [-0.3, -0.25) is 4.99 Å². The number of nitrogens with zero attached hydrogens (tertiary/aromatic N) is 2. The van der Waals surface area contributed by atoms with Gasteiger partial charge in [0.2, 0.25) is 0 Å². The maximum atomic E-state index is 6.25. The summed E-state index contributed by atoms with van der Waals surface area (Å²) in [4.78, 5) is 8.49. The molecule has 2 aliphatic heterocycles. The number of furan rings is 1. The Kier molecular flexibility index (Phi) is 2.50. The molecule has 0 radical (unpaired) electrons. The predicted octanol–water partition coefficient (Wildman–Crippen LogP) is 4.58. The van der Waals surface area contributed by atoms with E-state index in [0.29, 0.717) is 5.02 Å². The van der Waals surface area contributed by atoms with Crippen LogP contribution in [-0.2, 0) is 0 Å². The predicted molar refractivity (Wildman–Crippen MR) is 87.5 cm³/mol. The first-order valence-corrected chi connectivity index (χ1v) is 8.42. The van der Waals surface area contributed by atoms with E-state index in [0.717, 1.165) is 30.0 Å². The van der Waals surface area contributed by atoms with Crippen molar-refractivity contribution in [2.45, 2.75) is 12.8 Å².